The van der Waals surface area contributed by atoms with Crippen molar-refractivity contribution in [2.45, 2.75) is 18.9 Å². The van der Waals surface area contributed by atoms with E-state index < -0.39 is 0 Å². The highest BCUT2D eigenvalue weighted by Crippen LogP contribution is 2.40. The Hall–Kier alpha value is -3.47. The first-order valence-electron chi connectivity index (χ1n) is 10.4. The van der Waals surface area contributed by atoms with Gasteiger partial charge in [-0.2, -0.15) is 0 Å². The monoisotopic (exact) mass is 417 g/mol. The van der Waals surface area contributed by atoms with E-state index >= 15 is 0 Å². The maximum atomic E-state index is 13.5. The normalized spacial score (nSPS) is 15.2. The van der Waals surface area contributed by atoms with Gasteiger partial charge in [-0.3, -0.25) is 4.79 Å². The molecule has 0 spiro atoms. The van der Waals surface area contributed by atoms with Crippen molar-refractivity contribution in [1.82, 2.24) is 4.90 Å². The van der Waals surface area contributed by atoms with Crippen LogP contribution in [-0.2, 0) is 12.8 Å². The molecule has 0 saturated heterocycles. The van der Waals surface area contributed by atoms with Crippen LogP contribution in [0.4, 0.5) is 0 Å². The van der Waals surface area contributed by atoms with Gasteiger partial charge in [0, 0.05) is 12.1 Å². The quantitative estimate of drug-likeness (QED) is 0.584. The van der Waals surface area contributed by atoms with Crippen molar-refractivity contribution in [2.24, 2.45) is 0 Å². The van der Waals surface area contributed by atoms with Gasteiger partial charge in [-0.05, 0) is 65.9 Å². The van der Waals surface area contributed by atoms with Crippen LogP contribution < -0.4 is 14.2 Å². The minimum Gasteiger partial charge on any atom is -0.497 e. The van der Waals surface area contributed by atoms with Gasteiger partial charge in [0.15, 0.2) is 11.5 Å². The second-order valence-corrected chi connectivity index (χ2v) is 7.59. The number of methoxy groups -OCH3 is 3. The summed E-state index contributed by atoms with van der Waals surface area (Å²) in [5.41, 5.74) is 4.08. The minimum absolute atomic E-state index is 0.0360. The third kappa shape index (κ3) is 4.22. The van der Waals surface area contributed by atoms with E-state index in [-0.39, 0.29) is 11.9 Å². The number of fused-ring (bicyclic) bond motifs is 1. The van der Waals surface area contributed by atoms with Crippen molar-refractivity contribution >= 4 is 5.91 Å². The molecule has 0 aliphatic carbocycles. The highest BCUT2D eigenvalue weighted by atomic mass is 16.5. The van der Waals surface area contributed by atoms with Crippen LogP contribution in [0.25, 0.3) is 0 Å². The molecule has 3 aromatic carbocycles. The molecule has 5 nitrogen and oxygen atoms in total. The van der Waals surface area contributed by atoms with Crippen molar-refractivity contribution in [3.63, 3.8) is 0 Å². The van der Waals surface area contributed by atoms with Crippen LogP contribution in [0.3, 0.4) is 0 Å². The molecule has 0 aromatic heterocycles. The molecule has 0 radical (unpaired) electrons. The highest BCUT2D eigenvalue weighted by molar-refractivity contribution is 5.94. The lowest BCUT2D eigenvalue weighted by Gasteiger charge is -2.38. The van der Waals surface area contributed by atoms with Crippen LogP contribution in [0.2, 0.25) is 0 Å². The van der Waals surface area contributed by atoms with Crippen LogP contribution in [0.5, 0.6) is 17.2 Å². The number of hydrogen-bond acceptors (Lipinski definition) is 4. The Kier molecular flexibility index (Phi) is 6.12. The molecule has 1 amide bonds. The minimum atomic E-state index is -0.122. The molecular weight excluding hydrogens is 390 g/mol. The van der Waals surface area contributed by atoms with E-state index in [2.05, 4.69) is 6.07 Å². The van der Waals surface area contributed by atoms with Crippen LogP contribution in [0, 0.1) is 0 Å². The summed E-state index contributed by atoms with van der Waals surface area (Å²) in [7, 11) is 4.94. The first kappa shape index (κ1) is 20.8. The van der Waals surface area contributed by atoms with E-state index in [1.165, 1.54) is 5.56 Å². The van der Waals surface area contributed by atoms with Crippen molar-refractivity contribution in [2.75, 3.05) is 27.9 Å². The third-order valence-corrected chi connectivity index (χ3v) is 5.85. The van der Waals surface area contributed by atoms with E-state index in [1.807, 2.05) is 65.6 Å². The first-order chi connectivity index (χ1) is 15.1. The molecule has 3 aromatic rings. The van der Waals surface area contributed by atoms with Gasteiger partial charge in [-0.25, -0.2) is 0 Å². The lowest BCUT2D eigenvalue weighted by molar-refractivity contribution is 0.0659. The predicted molar refractivity (Wildman–Crippen MR) is 120 cm³/mol. The molecule has 0 N–H and O–H groups in total. The molecule has 1 aliphatic heterocycles. The number of nitrogens with zero attached hydrogens (tertiary/aromatic N) is 1. The molecule has 31 heavy (non-hydrogen) atoms. The molecule has 1 unspecified atom stereocenters. The summed E-state index contributed by atoms with van der Waals surface area (Å²) in [6.45, 7) is 0.644. The number of carbonyl (C=O) groups is 1. The summed E-state index contributed by atoms with van der Waals surface area (Å²) in [4.78, 5) is 15.4. The third-order valence-electron chi connectivity index (χ3n) is 5.85. The summed E-state index contributed by atoms with van der Waals surface area (Å²) >= 11 is 0. The molecule has 1 heterocycles. The summed E-state index contributed by atoms with van der Waals surface area (Å²) in [5, 5.41) is 0. The van der Waals surface area contributed by atoms with Crippen molar-refractivity contribution < 1.29 is 19.0 Å². The molecule has 1 atom stereocenters. The summed E-state index contributed by atoms with van der Waals surface area (Å²) in [6.07, 6.45) is 1.45. The van der Waals surface area contributed by atoms with Gasteiger partial charge in [0.2, 0.25) is 0 Å². The van der Waals surface area contributed by atoms with Gasteiger partial charge in [0.25, 0.3) is 5.91 Å². The van der Waals surface area contributed by atoms with E-state index in [0.717, 1.165) is 23.3 Å². The topological polar surface area (TPSA) is 48.0 Å². The number of benzene rings is 3. The van der Waals surface area contributed by atoms with Crippen molar-refractivity contribution in [1.29, 1.82) is 0 Å². The molecular formula is C26H27NO4. The number of hydrogen-bond donors (Lipinski definition) is 0. The van der Waals surface area contributed by atoms with Gasteiger partial charge < -0.3 is 19.1 Å². The SMILES string of the molecule is COc1cccc(CC2c3cc(OC)c(OC)cc3CCN2C(=O)c2ccccc2)c1. The Bertz CT molecular complexity index is 1060. The van der Waals surface area contributed by atoms with Gasteiger partial charge in [0.1, 0.15) is 5.75 Å². The zero-order valence-electron chi connectivity index (χ0n) is 18.1. The van der Waals surface area contributed by atoms with Gasteiger partial charge >= 0.3 is 0 Å². The lowest BCUT2D eigenvalue weighted by atomic mass is 9.87. The molecule has 0 fully saturated rings. The van der Waals surface area contributed by atoms with E-state index in [4.69, 9.17) is 14.2 Å². The second kappa shape index (κ2) is 9.13. The number of carbonyl (C=O) groups excluding carboxylic acids is 1. The zero-order chi connectivity index (χ0) is 21.8. The fourth-order valence-electron chi connectivity index (χ4n) is 4.26. The molecule has 5 heteroatoms. The lowest BCUT2D eigenvalue weighted by Crippen LogP contribution is -2.41. The van der Waals surface area contributed by atoms with Crippen LogP contribution in [0.1, 0.15) is 33.1 Å². The van der Waals surface area contributed by atoms with E-state index in [0.29, 0.717) is 30.0 Å². The van der Waals surface area contributed by atoms with Crippen LogP contribution >= 0.6 is 0 Å². The molecule has 1 aliphatic rings. The Labute approximate surface area is 183 Å². The average Bonchev–Trinajstić information content (AvgIpc) is 2.83. The van der Waals surface area contributed by atoms with E-state index in [9.17, 15) is 4.79 Å². The highest BCUT2D eigenvalue weighted by Gasteiger charge is 2.32. The Morgan fingerprint density at radius 1 is 0.903 bits per heavy atom. The standard InChI is InChI=1S/C26H27NO4/c1-29-21-11-7-8-18(14-21)15-23-22-17-25(31-3)24(30-2)16-20(22)12-13-27(23)26(28)19-9-5-4-6-10-19/h4-11,14,16-17,23H,12-13,15H2,1-3H3. The van der Waals surface area contributed by atoms with Gasteiger partial charge in [-0.1, -0.05) is 30.3 Å². The summed E-state index contributed by atoms with van der Waals surface area (Å²) < 4.78 is 16.5. The molecule has 4 rings (SSSR count). The van der Waals surface area contributed by atoms with Crippen LogP contribution in [-0.4, -0.2) is 38.7 Å². The maximum absolute atomic E-state index is 13.5. The average molecular weight is 418 g/mol. The Morgan fingerprint density at radius 3 is 2.35 bits per heavy atom. The number of ether oxygens (including phenoxy) is 3. The Balaban J connectivity index is 1.78. The zero-order valence-corrected chi connectivity index (χ0v) is 18.1. The van der Waals surface area contributed by atoms with Crippen LogP contribution in [0.15, 0.2) is 66.7 Å². The molecule has 160 valence electrons. The number of amides is 1. The van der Waals surface area contributed by atoms with Gasteiger partial charge in [0.05, 0.1) is 27.4 Å². The van der Waals surface area contributed by atoms with Crippen molar-refractivity contribution in [3.8, 4) is 17.2 Å². The molecule has 0 saturated carbocycles. The first-order valence-corrected chi connectivity index (χ1v) is 10.4. The summed E-state index contributed by atoms with van der Waals surface area (Å²) in [6, 6.07) is 21.4. The Morgan fingerprint density at radius 2 is 1.65 bits per heavy atom. The fourth-order valence-corrected chi connectivity index (χ4v) is 4.26. The van der Waals surface area contributed by atoms with E-state index in [1.54, 1.807) is 21.3 Å². The van der Waals surface area contributed by atoms with Crippen molar-refractivity contribution in [3.05, 3.63) is 89.0 Å². The number of rotatable bonds is 6. The smallest absolute Gasteiger partial charge is 0.254 e. The van der Waals surface area contributed by atoms with Gasteiger partial charge in [-0.15, -0.1) is 0 Å². The molecule has 0 bridgehead atoms. The fraction of sp³-hybridized carbons (Fsp3) is 0.269. The summed E-state index contributed by atoms with van der Waals surface area (Å²) in [5.74, 6) is 2.23. The largest absolute Gasteiger partial charge is 0.497 e. The second-order valence-electron chi connectivity index (χ2n) is 7.59. The maximum Gasteiger partial charge on any atom is 0.254 e. The predicted octanol–water partition coefficient (Wildman–Crippen LogP) is 4.69.